The van der Waals surface area contributed by atoms with E-state index < -0.39 is 6.10 Å². The van der Waals surface area contributed by atoms with Crippen molar-refractivity contribution in [2.75, 3.05) is 0 Å². The van der Waals surface area contributed by atoms with Gasteiger partial charge in [0.2, 0.25) is 0 Å². The number of terminal acetylenes is 1. The molecule has 1 fully saturated rings. The molecule has 12 heavy (non-hydrogen) atoms. The minimum Gasteiger partial charge on any atom is -0.380 e. The summed E-state index contributed by atoms with van der Waals surface area (Å²) in [5, 5.41) is 9.50. The molecule has 1 N–H and O–H groups in total. The van der Waals surface area contributed by atoms with Gasteiger partial charge >= 0.3 is 0 Å². The first-order valence-corrected chi connectivity index (χ1v) is 4.37. The van der Waals surface area contributed by atoms with Gasteiger partial charge in [0.25, 0.3) is 0 Å². The highest BCUT2D eigenvalue weighted by atomic mass is 16.5. The van der Waals surface area contributed by atoms with Gasteiger partial charge in [0.15, 0.2) is 0 Å². The highest BCUT2D eigenvalue weighted by molar-refractivity contribution is 5.02. The predicted molar refractivity (Wildman–Crippen MR) is 47.5 cm³/mol. The summed E-state index contributed by atoms with van der Waals surface area (Å²) in [4.78, 5) is 0. The van der Waals surface area contributed by atoms with Crippen LogP contribution >= 0.6 is 0 Å². The average Bonchev–Trinajstić information content (AvgIpc) is 2.26. The lowest BCUT2D eigenvalue weighted by atomic mass is 9.85. The van der Waals surface area contributed by atoms with Crippen molar-refractivity contribution < 1.29 is 9.84 Å². The van der Waals surface area contributed by atoms with Crippen LogP contribution < -0.4 is 0 Å². The van der Waals surface area contributed by atoms with Crippen LogP contribution in [0.25, 0.3) is 0 Å². The summed E-state index contributed by atoms with van der Waals surface area (Å²) in [5.74, 6) is 2.79. The van der Waals surface area contributed by atoms with Crippen LogP contribution in [0.2, 0.25) is 0 Å². The molecule has 0 aromatic carbocycles. The molecular formula is C10H16O2. The second-order valence-electron chi connectivity index (χ2n) is 3.59. The zero-order chi connectivity index (χ0) is 9.30. The van der Waals surface area contributed by atoms with Crippen LogP contribution in [-0.4, -0.2) is 23.4 Å². The summed E-state index contributed by atoms with van der Waals surface area (Å²) in [5.41, 5.74) is 0. The Balaban J connectivity index is 2.71. The molecule has 0 radical (unpaired) electrons. The third-order valence-electron chi connectivity index (χ3n) is 2.85. The topological polar surface area (TPSA) is 29.5 Å². The Bertz CT molecular complexity index is 195. The summed E-state index contributed by atoms with van der Waals surface area (Å²) in [6.07, 6.45) is 4.77. The summed E-state index contributed by atoms with van der Waals surface area (Å²) in [6, 6.07) is 0. The smallest absolute Gasteiger partial charge is 0.120 e. The number of hydrogen-bond donors (Lipinski definition) is 1. The molecule has 1 aliphatic heterocycles. The largest absolute Gasteiger partial charge is 0.380 e. The van der Waals surface area contributed by atoms with E-state index in [-0.39, 0.29) is 18.1 Å². The minimum atomic E-state index is -0.667. The highest BCUT2D eigenvalue weighted by Gasteiger charge is 2.40. The van der Waals surface area contributed by atoms with E-state index in [1.807, 2.05) is 13.8 Å². The molecule has 5 unspecified atom stereocenters. The van der Waals surface area contributed by atoms with Crippen LogP contribution in [0.4, 0.5) is 0 Å². The van der Waals surface area contributed by atoms with Crippen molar-refractivity contribution in [2.45, 2.75) is 39.1 Å². The molecule has 1 heterocycles. The van der Waals surface area contributed by atoms with E-state index in [9.17, 15) is 5.11 Å². The van der Waals surface area contributed by atoms with Gasteiger partial charge in [-0.1, -0.05) is 12.8 Å². The summed E-state index contributed by atoms with van der Waals surface area (Å²) >= 11 is 0. The van der Waals surface area contributed by atoms with Gasteiger partial charge < -0.3 is 9.84 Å². The first-order chi connectivity index (χ1) is 5.57. The van der Waals surface area contributed by atoms with E-state index in [2.05, 4.69) is 12.8 Å². The van der Waals surface area contributed by atoms with Crippen molar-refractivity contribution in [3.8, 4) is 12.3 Å². The number of aliphatic hydroxyl groups is 1. The van der Waals surface area contributed by atoms with E-state index in [1.165, 1.54) is 0 Å². The molecule has 0 aromatic heterocycles. The Kier molecular flexibility index (Phi) is 2.76. The third-order valence-corrected chi connectivity index (χ3v) is 2.85. The molecule has 1 rings (SSSR count). The Morgan fingerprint density at radius 2 is 1.92 bits per heavy atom. The Hall–Kier alpha value is -0.520. The Morgan fingerprint density at radius 3 is 2.25 bits per heavy atom. The quantitative estimate of drug-likeness (QED) is 0.593. The molecule has 0 aromatic rings. The second kappa shape index (κ2) is 3.47. The fraction of sp³-hybridized carbons (Fsp3) is 0.800. The predicted octanol–water partition coefficient (Wildman–Crippen LogP) is 1.04. The molecule has 0 amide bonds. The van der Waals surface area contributed by atoms with Crippen LogP contribution in [0, 0.1) is 24.2 Å². The van der Waals surface area contributed by atoms with Crippen LogP contribution in [-0.2, 0) is 4.74 Å². The Labute approximate surface area is 73.9 Å². The van der Waals surface area contributed by atoms with Crippen LogP contribution in [0.15, 0.2) is 0 Å². The van der Waals surface area contributed by atoms with Crippen LogP contribution in [0.3, 0.4) is 0 Å². The number of ether oxygens (including phenoxy) is 1. The van der Waals surface area contributed by atoms with Gasteiger partial charge in [0.05, 0.1) is 12.2 Å². The lowest BCUT2D eigenvalue weighted by Crippen LogP contribution is -2.29. The molecule has 5 atom stereocenters. The van der Waals surface area contributed by atoms with Gasteiger partial charge in [-0.3, -0.25) is 0 Å². The number of rotatable bonds is 1. The fourth-order valence-corrected chi connectivity index (χ4v) is 1.95. The van der Waals surface area contributed by atoms with E-state index in [4.69, 9.17) is 11.2 Å². The first kappa shape index (κ1) is 9.57. The fourth-order valence-electron chi connectivity index (χ4n) is 1.95. The molecule has 2 heteroatoms. The monoisotopic (exact) mass is 168 g/mol. The average molecular weight is 168 g/mol. The molecule has 1 aliphatic rings. The summed E-state index contributed by atoms with van der Waals surface area (Å²) in [6.45, 7) is 6.05. The molecule has 0 saturated carbocycles. The van der Waals surface area contributed by atoms with Gasteiger partial charge in [-0.15, -0.1) is 6.42 Å². The zero-order valence-electron chi connectivity index (χ0n) is 7.82. The maximum Gasteiger partial charge on any atom is 0.120 e. The molecule has 1 saturated heterocycles. The molecule has 2 nitrogen and oxygen atoms in total. The van der Waals surface area contributed by atoms with Gasteiger partial charge in [0, 0.05) is 5.92 Å². The molecular weight excluding hydrogens is 152 g/mol. The Morgan fingerprint density at radius 1 is 1.33 bits per heavy atom. The molecule has 0 spiro atoms. The van der Waals surface area contributed by atoms with Gasteiger partial charge in [-0.2, -0.15) is 0 Å². The van der Waals surface area contributed by atoms with Gasteiger partial charge in [0.1, 0.15) is 6.10 Å². The zero-order valence-corrected chi connectivity index (χ0v) is 7.82. The second-order valence-corrected chi connectivity index (χ2v) is 3.59. The van der Waals surface area contributed by atoms with E-state index >= 15 is 0 Å². The van der Waals surface area contributed by atoms with Crippen LogP contribution in [0.5, 0.6) is 0 Å². The van der Waals surface area contributed by atoms with Crippen molar-refractivity contribution in [1.82, 2.24) is 0 Å². The molecule has 68 valence electrons. The summed E-state index contributed by atoms with van der Waals surface area (Å²) < 4.78 is 5.55. The summed E-state index contributed by atoms with van der Waals surface area (Å²) in [7, 11) is 0. The molecule has 0 aliphatic carbocycles. The van der Waals surface area contributed by atoms with Crippen molar-refractivity contribution in [2.24, 2.45) is 11.8 Å². The van der Waals surface area contributed by atoms with Gasteiger partial charge in [-0.25, -0.2) is 0 Å². The lowest BCUT2D eigenvalue weighted by Gasteiger charge is -2.20. The standard InChI is InChI=1S/C10H16O2/c1-5-9(11)10-6(2)7(3)12-8(10)4/h1,6-11H,2-4H3. The van der Waals surface area contributed by atoms with Gasteiger partial charge in [-0.05, 0) is 19.8 Å². The SMILES string of the molecule is C#CC(O)C1C(C)OC(C)C1C. The molecule has 0 bridgehead atoms. The first-order valence-electron chi connectivity index (χ1n) is 4.37. The van der Waals surface area contributed by atoms with Crippen molar-refractivity contribution in [3.05, 3.63) is 0 Å². The van der Waals surface area contributed by atoms with E-state index in [0.29, 0.717) is 5.92 Å². The highest BCUT2D eigenvalue weighted by Crippen LogP contribution is 2.34. The van der Waals surface area contributed by atoms with Crippen LogP contribution in [0.1, 0.15) is 20.8 Å². The number of aliphatic hydroxyl groups excluding tert-OH is 1. The maximum atomic E-state index is 9.50. The van der Waals surface area contributed by atoms with E-state index in [1.54, 1.807) is 0 Å². The number of hydrogen-bond acceptors (Lipinski definition) is 2. The van der Waals surface area contributed by atoms with Crippen molar-refractivity contribution in [3.63, 3.8) is 0 Å². The maximum absolute atomic E-state index is 9.50. The normalized spacial score (nSPS) is 43.9. The van der Waals surface area contributed by atoms with Crippen molar-refractivity contribution in [1.29, 1.82) is 0 Å². The van der Waals surface area contributed by atoms with E-state index in [0.717, 1.165) is 0 Å². The lowest BCUT2D eigenvalue weighted by molar-refractivity contribution is 0.0368. The third kappa shape index (κ3) is 1.48. The minimum absolute atomic E-state index is 0.0704. The van der Waals surface area contributed by atoms with Crippen molar-refractivity contribution >= 4 is 0 Å².